The molecule has 3 nitrogen and oxygen atoms in total. The number of fused-ring (bicyclic) bond motifs is 15. The molecule has 0 atom stereocenters. The van der Waals surface area contributed by atoms with Crippen molar-refractivity contribution in [1.82, 2.24) is 4.98 Å². The second-order valence-corrected chi connectivity index (χ2v) is 14.6. The van der Waals surface area contributed by atoms with Gasteiger partial charge in [-0.15, -0.1) is 0 Å². The van der Waals surface area contributed by atoms with E-state index in [4.69, 9.17) is 9.40 Å². The van der Waals surface area contributed by atoms with Crippen molar-refractivity contribution in [3.8, 4) is 33.4 Å². The summed E-state index contributed by atoms with van der Waals surface area (Å²) in [6, 6.07) is 68.3. The molecule has 2 heterocycles. The Bertz CT molecular complexity index is 3110. The van der Waals surface area contributed by atoms with Crippen LogP contribution in [0.1, 0.15) is 22.3 Å². The van der Waals surface area contributed by atoms with Crippen LogP contribution in [0.15, 0.2) is 199 Å². The van der Waals surface area contributed by atoms with E-state index in [2.05, 4.69) is 187 Å². The Morgan fingerprint density at radius 1 is 0.436 bits per heavy atom. The number of hydrogen-bond donors (Lipinski definition) is 0. The van der Waals surface area contributed by atoms with Crippen molar-refractivity contribution in [3.05, 3.63) is 217 Å². The van der Waals surface area contributed by atoms with Crippen molar-refractivity contribution < 1.29 is 4.42 Å². The van der Waals surface area contributed by atoms with Crippen LogP contribution in [0.2, 0.25) is 0 Å². The third-order valence-electron chi connectivity index (χ3n) is 11.9. The zero-order valence-corrected chi connectivity index (χ0v) is 29.8. The maximum absolute atomic E-state index is 6.88. The third-order valence-corrected chi connectivity index (χ3v) is 11.9. The molecule has 2 aliphatic carbocycles. The Labute approximate surface area is 318 Å². The van der Waals surface area contributed by atoms with Gasteiger partial charge in [-0.25, -0.2) is 0 Å². The molecule has 12 rings (SSSR count). The van der Waals surface area contributed by atoms with E-state index >= 15 is 0 Å². The Kier molecular flexibility index (Phi) is 6.26. The number of para-hydroxylation sites is 2. The third kappa shape index (κ3) is 4.07. The van der Waals surface area contributed by atoms with Gasteiger partial charge in [0.1, 0.15) is 0 Å². The minimum Gasteiger partial charge on any atom is -0.452 e. The Balaban J connectivity index is 1.17. The quantitative estimate of drug-likeness (QED) is 0.183. The van der Waals surface area contributed by atoms with E-state index in [-0.39, 0.29) is 0 Å². The Morgan fingerprint density at radius 3 is 1.76 bits per heavy atom. The molecular formula is C52H32N2O. The second-order valence-electron chi connectivity index (χ2n) is 14.6. The fraction of sp³-hybridized carbons (Fsp3) is 0.0192. The van der Waals surface area contributed by atoms with Gasteiger partial charge < -0.3 is 9.32 Å². The number of nitrogens with zero attached hydrogens (tertiary/aromatic N) is 2. The molecule has 0 unspecified atom stereocenters. The molecule has 0 amide bonds. The maximum Gasteiger partial charge on any atom is 0.159 e. The van der Waals surface area contributed by atoms with Crippen LogP contribution in [0.25, 0.3) is 66.2 Å². The van der Waals surface area contributed by atoms with Crippen molar-refractivity contribution in [2.75, 3.05) is 4.90 Å². The minimum absolute atomic E-state index is 0.450. The van der Waals surface area contributed by atoms with Crippen molar-refractivity contribution in [3.63, 3.8) is 0 Å². The largest absolute Gasteiger partial charge is 0.452 e. The molecule has 8 aromatic carbocycles. The number of rotatable bonds is 4. The highest BCUT2D eigenvalue weighted by Gasteiger charge is 2.52. The summed E-state index contributed by atoms with van der Waals surface area (Å²) in [6.07, 6.45) is 1.87. The molecule has 10 aromatic rings. The molecule has 3 heteroatoms. The minimum atomic E-state index is -0.450. The van der Waals surface area contributed by atoms with Gasteiger partial charge in [-0.2, -0.15) is 0 Å². The van der Waals surface area contributed by atoms with Gasteiger partial charge in [-0.3, -0.25) is 4.98 Å². The molecule has 0 bridgehead atoms. The second kappa shape index (κ2) is 11.4. The van der Waals surface area contributed by atoms with Crippen LogP contribution in [-0.4, -0.2) is 4.98 Å². The van der Waals surface area contributed by atoms with Crippen LogP contribution in [-0.2, 0) is 5.41 Å². The lowest BCUT2D eigenvalue weighted by Gasteiger charge is -2.31. The number of anilines is 3. The number of benzene rings is 8. The molecule has 0 aliphatic heterocycles. The van der Waals surface area contributed by atoms with Crippen molar-refractivity contribution in [2.24, 2.45) is 0 Å². The zero-order chi connectivity index (χ0) is 36.1. The van der Waals surface area contributed by atoms with Crippen LogP contribution in [0.4, 0.5) is 17.1 Å². The van der Waals surface area contributed by atoms with E-state index in [0.29, 0.717) is 0 Å². The van der Waals surface area contributed by atoms with Gasteiger partial charge in [-0.1, -0.05) is 158 Å². The molecule has 0 saturated heterocycles. The van der Waals surface area contributed by atoms with Crippen LogP contribution >= 0.6 is 0 Å². The highest BCUT2D eigenvalue weighted by Crippen LogP contribution is 2.64. The molecule has 0 saturated carbocycles. The van der Waals surface area contributed by atoms with E-state index in [1.807, 2.05) is 12.3 Å². The normalized spacial score (nSPS) is 13.2. The monoisotopic (exact) mass is 700 g/mol. The van der Waals surface area contributed by atoms with Crippen LogP contribution in [0.5, 0.6) is 0 Å². The summed E-state index contributed by atoms with van der Waals surface area (Å²) in [7, 11) is 0. The molecule has 2 aromatic heterocycles. The van der Waals surface area contributed by atoms with Crippen molar-refractivity contribution >= 4 is 49.9 Å². The standard InChI is InChI=1S/C52H32N2O/c1-2-14-33(15-3-1)34-28-30-35(31-29-34)54(47-27-12-20-40-49-39-19-7-11-25-45(39)53-32-48(49)55-51(40)47)46-26-13-24-44-50(46)38-18-6-10-23-43(38)52(44)41-21-8-4-16-36(41)37-17-5-9-22-42(37)52/h1-32H. The number of pyridine rings is 1. The van der Waals surface area contributed by atoms with Gasteiger partial charge in [0.25, 0.3) is 0 Å². The summed E-state index contributed by atoms with van der Waals surface area (Å²) in [5, 5.41) is 3.24. The molecule has 0 fully saturated rings. The Hall–Kier alpha value is -7.23. The predicted molar refractivity (Wildman–Crippen MR) is 225 cm³/mol. The fourth-order valence-corrected chi connectivity index (χ4v) is 9.75. The Morgan fingerprint density at radius 2 is 1.00 bits per heavy atom. The molecule has 0 N–H and O–H groups in total. The first kappa shape index (κ1) is 30.3. The number of furan rings is 1. The lowest BCUT2D eigenvalue weighted by molar-refractivity contribution is 0.667. The fourth-order valence-electron chi connectivity index (χ4n) is 9.75. The SMILES string of the molecule is c1ccc(-c2ccc(N(c3cccc4c3-c3ccccc3C43c4ccccc4-c4ccccc43)c3cccc4c3oc3cnc5ccccc5c34)cc2)cc1. The summed E-state index contributed by atoms with van der Waals surface area (Å²) < 4.78 is 6.88. The van der Waals surface area contributed by atoms with Gasteiger partial charge in [0, 0.05) is 27.4 Å². The van der Waals surface area contributed by atoms with Gasteiger partial charge in [0.05, 0.1) is 28.5 Å². The summed E-state index contributed by atoms with van der Waals surface area (Å²) in [5.41, 5.74) is 18.0. The van der Waals surface area contributed by atoms with Gasteiger partial charge >= 0.3 is 0 Å². The molecule has 2 aliphatic rings. The zero-order valence-electron chi connectivity index (χ0n) is 29.8. The van der Waals surface area contributed by atoms with E-state index in [0.717, 1.165) is 49.9 Å². The van der Waals surface area contributed by atoms with Crippen molar-refractivity contribution in [2.45, 2.75) is 5.41 Å². The summed E-state index contributed by atoms with van der Waals surface area (Å²) in [4.78, 5) is 7.19. The number of aromatic nitrogens is 1. The first-order valence-electron chi connectivity index (χ1n) is 18.9. The highest BCUT2D eigenvalue weighted by molar-refractivity contribution is 6.20. The van der Waals surface area contributed by atoms with Gasteiger partial charge in [0.15, 0.2) is 11.2 Å². The molecule has 1 spiro atoms. The average Bonchev–Trinajstić information content (AvgIpc) is 3.90. The van der Waals surface area contributed by atoms with E-state index in [1.54, 1.807) is 0 Å². The van der Waals surface area contributed by atoms with Crippen molar-refractivity contribution in [1.29, 1.82) is 0 Å². The van der Waals surface area contributed by atoms with Crippen LogP contribution in [0.3, 0.4) is 0 Å². The first-order valence-corrected chi connectivity index (χ1v) is 18.9. The molecule has 256 valence electrons. The predicted octanol–water partition coefficient (Wildman–Crippen LogP) is 13.6. The maximum atomic E-state index is 6.88. The van der Waals surface area contributed by atoms with E-state index < -0.39 is 5.41 Å². The summed E-state index contributed by atoms with van der Waals surface area (Å²) in [6.45, 7) is 0. The van der Waals surface area contributed by atoms with E-state index in [1.165, 1.54) is 55.6 Å². The van der Waals surface area contributed by atoms with Crippen LogP contribution < -0.4 is 4.90 Å². The van der Waals surface area contributed by atoms with Gasteiger partial charge in [-0.05, 0) is 80.4 Å². The number of hydrogen-bond acceptors (Lipinski definition) is 3. The topological polar surface area (TPSA) is 29.3 Å². The average molecular weight is 701 g/mol. The summed E-state index contributed by atoms with van der Waals surface area (Å²) in [5.74, 6) is 0. The first-order chi connectivity index (χ1) is 27.3. The molecule has 55 heavy (non-hydrogen) atoms. The highest BCUT2D eigenvalue weighted by atomic mass is 16.3. The summed E-state index contributed by atoms with van der Waals surface area (Å²) >= 11 is 0. The molecular weight excluding hydrogens is 669 g/mol. The lowest BCUT2D eigenvalue weighted by Crippen LogP contribution is -2.26. The van der Waals surface area contributed by atoms with Gasteiger partial charge in [0.2, 0.25) is 0 Å². The van der Waals surface area contributed by atoms with E-state index in [9.17, 15) is 0 Å². The lowest BCUT2D eigenvalue weighted by atomic mass is 9.70. The smallest absolute Gasteiger partial charge is 0.159 e. The van der Waals surface area contributed by atoms with Crippen LogP contribution in [0, 0.1) is 0 Å². The molecule has 0 radical (unpaired) electrons.